The molecule has 0 amide bonds. The van der Waals surface area contributed by atoms with Crippen molar-refractivity contribution in [3.05, 3.63) is 65.2 Å². The highest BCUT2D eigenvalue weighted by Gasteiger charge is 2.27. The van der Waals surface area contributed by atoms with Crippen LogP contribution in [0, 0.1) is 0 Å². The molecule has 1 aliphatic rings. The van der Waals surface area contributed by atoms with Crippen LogP contribution in [-0.4, -0.2) is 38.1 Å². The van der Waals surface area contributed by atoms with E-state index in [1.54, 1.807) is 18.2 Å². The normalized spacial score (nSPS) is 13.2. The Balaban J connectivity index is 0.000000989. The number of anilines is 1. The number of nitrogens with zero attached hydrogens (tertiary/aromatic N) is 1. The van der Waals surface area contributed by atoms with Gasteiger partial charge < -0.3 is 14.9 Å². The number of benzene rings is 2. The van der Waals surface area contributed by atoms with Crippen molar-refractivity contribution in [3.8, 4) is 0 Å². The molecule has 2 aromatic rings. The molecule has 0 saturated carbocycles. The number of fused-ring (bicyclic) bond motifs is 1. The van der Waals surface area contributed by atoms with Crippen LogP contribution >= 0.6 is 0 Å². The second-order valence-corrected chi connectivity index (χ2v) is 6.86. The summed E-state index contributed by atoms with van der Waals surface area (Å²) in [6.45, 7) is 8.85. The van der Waals surface area contributed by atoms with Gasteiger partial charge in [-0.2, -0.15) is 0 Å². The number of hydrogen-bond donors (Lipinski definition) is 1. The lowest BCUT2D eigenvalue weighted by molar-refractivity contribution is -0.0987. The maximum Gasteiger partial charge on any atom is 0.272 e. The summed E-state index contributed by atoms with van der Waals surface area (Å²) < 4.78 is 27.2. The Labute approximate surface area is 171 Å². The van der Waals surface area contributed by atoms with Gasteiger partial charge in [0.05, 0.1) is 0 Å². The van der Waals surface area contributed by atoms with Gasteiger partial charge in [0.1, 0.15) is 13.6 Å². The Hall–Kier alpha value is -2.60. The number of carbonyl (C=O) groups is 2. The molecular weight excluding hydrogens is 374 g/mol. The molecule has 6 heteroatoms. The SMILES string of the molecule is C=O.C=O.CC(F)(F)c1ccccc1NCCCCN1CCc2ccccc2C1. The number of para-hydroxylation sites is 1. The molecule has 1 aliphatic heterocycles. The summed E-state index contributed by atoms with van der Waals surface area (Å²) in [5.74, 6) is -2.81. The lowest BCUT2D eigenvalue weighted by atomic mass is 10.00. The maximum atomic E-state index is 13.6. The lowest BCUT2D eigenvalue weighted by Crippen LogP contribution is -2.31. The number of nitrogens with one attached hydrogen (secondary N) is 1. The standard InChI is InChI=1S/C21H26F2N2.2CH2O/c1-21(22,23)19-10-4-5-11-20(19)24-13-6-7-14-25-15-12-17-8-2-3-9-18(17)16-25;2*1-2/h2-5,8-11,24H,6-7,12-16H2,1H3;2*1H2. The van der Waals surface area contributed by atoms with Gasteiger partial charge in [-0.25, -0.2) is 8.78 Å². The third-order valence-electron chi connectivity index (χ3n) is 4.83. The summed E-state index contributed by atoms with van der Waals surface area (Å²) in [4.78, 5) is 18.5. The number of halogens is 2. The van der Waals surface area contributed by atoms with Gasteiger partial charge in [0, 0.05) is 37.8 Å². The van der Waals surface area contributed by atoms with Crippen LogP contribution in [0.3, 0.4) is 0 Å². The Morgan fingerprint density at radius 2 is 1.59 bits per heavy atom. The molecule has 2 aromatic carbocycles. The topological polar surface area (TPSA) is 49.4 Å². The second kappa shape index (κ2) is 12.8. The predicted octanol–water partition coefficient (Wildman–Crippen LogP) is 4.68. The zero-order valence-electron chi connectivity index (χ0n) is 17.0. The minimum atomic E-state index is -2.81. The largest absolute Gasteiger partial charge is 0.385 e. The fourth-order valence-corrected chi connectivity index (χ4v) is 3.45. The van der Waals surface area contributed by atoms with E-state index in [1.165, 1.54) is 17.2 Å². The minimum Gasteiger partial charge on any atom is -0.385 e. The molecule has 0 aliphatic carbocycles. The van der Waals surface area contributed by atoms with Gasteiger partial charge in [-0.1, -0.05) is 42.5 Å². The fourth-order valence-electron chi connectivity index (χ4n) is 3.45. The first-order valence-electron chi connectivity index (χ1n) is 9.62. The van der Waals surface area contributed by atoms with Crippen LogP contribution in [0.1, 0.15) is 36.5 Å². The second-order valence-electron chi connectivity index (χ2n) is 6.86. The average molecular weight is 405 g/mol. The Bertz CT molecular complexity index is 733. The van der Waals surface area contributed by atoms with Gasteiger partial charge in [-0.15, -0.1) is 0 Å². The first-order valence-corrected chi connectivity index (χ1v) is 9.62. The molecule has 1 heterocycles. The molecule has 29 heavy (non-hydrogen) atoms. The van der Waals surface area contributed by atoms with E-state index in [1.807, 2.05) is 13.6 Å². The van der Waals surface area contributed by atoms with Crippen molar-refractivity contribution in [2.45, 2.75) is 38.7 Å². The number of hydrogen-bond acceptors (Lipinski definition) is 4. The minimum absolute atomic E-state index is 0.0719. The summed E-state index contributed by atoms with van der Waals surface area (Å²) in [5, 5.41) is 3.17. The summed E-state index contributed by atoms with van der Waals surface area (Å²) in [7, 11) is 0. The van der Waals surface area contributed by atoms with Crippen LogP contribution in [-0.2, 0) is 28.5 Å². The first-order chi connectivity index (χ1) is 14.0. The number of carbonyl (C=O) groups excluding carboxylic acids is 2. The van der Waals surface area contributed by atoms with Gasteiger partial charge in [-0.3, -0.25) is 4.90 Å². The molecule has 0 unspecified atom stereocenters. The Kier molecular flexibility index (Phi) is 10.8. The zero-order valence-corrected chi connectivity index (χ0v) is 17.0. The summed E-state index contributed by atoms with van der Waals surface area (Å²) in [5.41, 5.74) is 3.52. The molecule has 0 radical (unpaired) electrons. The van der Waals surface area contributed by atoms with E-state index in [2.05, 4.69) is 34.5 Å². The number of alkyl halides is 2. The highest BCUT2D eigenvalue weighted by atomic mass is 19.3. The van der Waals surface area contributed by atoms with Gasteiger partial charge >= 0.3 is 0 Å². The van der Waals surface area contributed by atoms with E-state index in [0.29, 0.717) is 5.69 Å². The van der Waals surface area contributed by atoms with Gasteiger partial charge in [-0.05, 0) is 43.0 Å². The summed E-state index contributed by atoms with van der Waals surface area (Å²) >= 11 is 0. The molecule has 3 rings (SSSR count). The quantitative estimate of drug-likeness (QED) is 0.681. The van der Waals surface area contributed by atoms with E-state index >= 15 is 0 Å². The fraction of sp³-hybridized carbons (Fsp3) is 0.391. The van der Waals surface area contributed by atoms with Crippen molar-refractivity contribution >= 4 is 19.3 Å². The van der Waals surface area contributed by atoms with Crippen molar-refractivity contribution in [2.24, 2.45) is 0 Å². The zero-order chi connectivity index (χ0) is 21.7. The molecule has 4 nitrogen and oxygen atoms in total. The maximum absolute atomic E-state index is 13.6. The third-order valence-corrected chi connectivity index (χ3v) is 4.83. The van der Waals surface area contributed by atoms with Crippen molar-refractivity contribution in [1.82, 2.24) is 4.90 Å². The average Bonchev–Trinajstić information content (AvgIpc) is 2.76. The van der Waals surface area contributed by atoms with Crippen LogP contribution in [0.5, 0.6) is 0 Å². The Morgan fingerprint density at radius 1 is 0.966 bits per heavy atom. The lowest BCUT2D eigenvalue weighted by Gasteiger charge is -2.28. The van der Waals surface area contributed by atoms with Crippen molar-refractivity contribution in [3.63, 3.8) is 0 Å². The molecule has 0 aromatic heterocycles. The van der Waals surface area contributed by atoms with Gasteiger partial charge in [0.2, 0.25) is 0 Å². The first kappa shape index (κ1) is 24.4. The monoisotopic (exact) mass is 404 g/mol. The van der Waals surface area contributed by atoms with Crippen LogP contribution in [0.2, 0.25) is 0 Å². The molecule has 0 saturated heterocycles. The smallest absolute Gasteiger partial charge is 0.272 e. The predicted molar refractivity (Wildman–Crippen MR) is 113 cm³/mol. The van der Waals surface area contributed by atoms with Crippen LogP contribution in [0.4, 0.5) is 14.5 Å². The third kappa shape index (κ3) is 7.74. The number of rotatable bonds is 7. The van der Waals surface area contributed by atoms with E-state index < -0.39 is 5.92 Å². The van der Waals surface area contributed by atoms with E-state index in [4.69, 9.17) is 9.59 Å². The summed E-state index contributed by atoms with van der Waals surface area (Å²) in [6.07, 6.45) is 3.16. The molecule has 0 fully saturated rings. The molecular formula is C23H30F2N2O2. The van der Waals surface area contributed by atoms with Crippen molar-refractivity contribution in [2.75, 3.05) is 25.0 Å². The molecule has 0 atom stereocenters. The highest BCUT2D eigenvalue weighted by molar-refractivity contribution is 5.52. The van der Waals surface area contributed by atoms with E-state index in [-0.39, 0.29) is 5.56 Å². The van der Waals surface area contributed by atoms with Crippen LogP contribution < -0.4 is 5.32 Å². The molecule has 0 spiro atoms. The Morgan fingerprint density at radius 3 is 2.28 bits per heavy atom. The molecule has 1 N–H and O–H groups in total. The van der Waals surface area contributed by atoms with Gasteiger partial charge in [0.25, 0.3) is 5.92 Å². The summed E-state index contributed by atoms with van der Waals surface area (Å²) in [6, 6.07) is 15.3. The van der Waals surface area contributed by atoms with E-state index in [0.717, 1.165) is 52.4 Å². The van der Waals surface area contributed by atoms with E-state index in [9.17, 15) is 8.78 Å². The number of unbranched alkanes of at least 4 members (excludes halogenated alkanes) is 1. The van der Waals surface area contributed by atoms with Crippen molar-refractivity contribution in [1.29, 1.82) is 0 Å². The molecule has 158 valence electrons. The van der Waals surface area contributed by atoms with Crippen molar-refractivity contribution < 1.29 is 18.4 Å². The van der Waals surface area contributed by atoms with Crippen LogP contribution in [0.15, 0.2) is 48.5 Å². The highest BCUT2D eigenvalue weighted by Crippen LogP contribution is 2.32. The van der Waals surface area contributed by atoms with Gasteiger partial charge in [0.15, 0.2) is 0 Å². The molecule has 0 bridgehead atoms. The van der Waals surface area contributed by atoms with Crippen LogP contribution in [0.25, 0.3) is 0 Å².